The fourth-order valence-electron chi connectivity index (χ4n) is 1.21. The van der Waals surface area contributed by atoms with E-state index in [1.165, 1.54) is 13.8 Å². The third-order valence-electron chi connectivity index (χ3n) is 2.29. The molecule has 0 aromatic carbocycles. The smallest absolute Gasteiger partial charge is 0.363 e. The van der Waals surface area contributed by atoms with Crippen molar-refractivity contribution in [1.82, 2.24) is 15.0 Å². The molecule has 1 aromatic rings. The van der Waals surface area contributed by atoms with E-state index >= 15 is 0 Å². The summed E-state index contributed by atoms with van der Waals surface area (Å²) in [7, 11) is 0. The SMILES string of the molecule is CC(C)OC(=O)c1nnn(C(C)(C)C(=O)O)c1N. The molecule has 0 saturated heterocycles. The van der Waals surface area contributed by atoms with Gasteiger partial charge in [-0.1, -0.05) is 5.21 Å². The van der Waals surface area contributed by atoms with Gasteiger partial charge >= 0.3 is 11.9 Å². The van der Waals surface area contributed by atoms with Crippen LogP contribution in [0, 0.1) is 0 Å². The lowest BCUT2D eigenvalue weighted by Crippen LogP contribution is -2.37. The van der Waals surface area contributed by atoms with Crippen molar-refractivity contribution in [1.29, 1.82) is 0 Å². The number of hydrogen-bond donors (Lipinski definition) is 2. The van der Waals surface area contributed by atoms with Gasteiger partial charge in [0.1, 0.15) is 0 Å². The van der Waals surface area contributed by atoms with Gasteiger partial charge in [0.05, 0.1) is 6.10 Å². The van der Waals surface area contributed by atoms with Crippen LogP contribution in [0.5, 0.6) is 0 Å². The van der Waals surface area contributed by atoms with Crippen LogP contribution in [0.2, 0.25) is 0 Å². The summed E-state index contributed by atoms with van der Waals surface area (Å²) >= 11 is 0. The van der Waals surface area contributed by atoms with Crippen LogP contribution in [-0.4, -0.2) is 38.1 Å². The van der Waals surface area contributed by atoms with E-state index in [4.69, 9.17) is 15.6 Å². The molecule has 0 radical (unpaired) electrons. The monoisotopic (exact) mass is 256 g/mol. The first-order chi connectivity index (χ1) is 8.17. The molecule has 0 aliphatic carbocycles. The first-order valence-corrected chi connectivity index (χ1v) is 5.34. The highest BCUT2D eigenvalue weighted by molar-refractivity contribution is 5.92. The Bertz CT molecular complexity index is 478. The summed E-state index contributed by atoms with van der Waals surface area (Å²) in [6, 6.07) is 0. The van der Waals surface area contributed by atoms with E-state index in [2.05, 4.69) is 10.3 Å². The Morgan fingerprint density at radius 2 is 2.00 bits per heavy atom. The fraction of sp³-hybridized carbons (Fsp3) is 0.600. The summed E-state index contributed by atoms with van der Waals surface area (Å²) in [5, 5.41) is 16.2. The summed E-state index contributed by atoms with van der Waals surface area (Å²) in [6.07, 6.45) is -0.325. The minimum atomic E-state index is -1.40. The molecule has 0 atom stereocenters. The molecule has 0 unspecified atom stereocenters. The highest BCUT2D eigenvalue weighted by Crippen LogP contribution is 2.21. The molecule has 1 rings (SSSR count). The third-order valence-corrected chi connectivity index (χ3v) is 2.29. The summed E-state index contributed by atoms with van der Waals surface area (Å²) in [5.41, 5.74) is 4.10. The maximum atomic E-state index is 11.6. The number of carboxylic acids is 1. The quantitative estimate of drug-likeness (QED) is 0.740. The molecule has 1 aromatic heterocycles. The van der Waals surface area contributed by atoms with Crippen LogP contribution in [-0.2, 0) is 15.1 Å². The minimum absolute atomic E-state index is 0.131. The van der Waals surface area contributed by atoms with Gasteiger partial charge < -0.3 is 15.6 Å². The van der Waals surface area contributed by atoms with Gasteiger partial charge in [0.25, 0.3) is 0 Å². The van der Waals surface area contributed by atoms with Crippen LogP contribution in [0.15, 0.2) is 0 Å². The predicted octanol–water partition coefficient (Wildman–Crippen LogP) is 0.245. The molecule has 100 valence electrons. The molecule has 0 saturated carbocycles. The van der Waals surface area contributed by atoms with Crippen molar-refractivity contribution >= 4 is 17.8 Å². The lowest BCUT2D eigenvalue weighted by Gasteiger charge is -2.20. The summed E-state index contributed by atoms with van der Waals surface area (Å²) in [6.45, 7) is 6.16. The van der Waals surface area contributed by atoms with Gasteiger partial charge in [-0.3, -0.25) is 0 Å². The Balaban J connectivity index is 3.12. The molecule has 8 nitrogen and oxygen atoms in total. The number of carbonyl (C=O) groups is 2. The number of ether oxygens (including phenoxy) is 1. The van der Waals surface area contributed by atoms with Crippen LogP contribution in [0.25, 0.3) is 0 Å². The zero-order chi connectivity index (χ0) is 14.1. The molecule has 0 aliphatic rings. The molecule has 3 N–H and O–H groups in total. The lowest BCUT2D eigenvalue weighted by atomic mass is 10.1. The Morgan fingerprint density at radius 1 is 1.44 bits per heavy atom. The zero-order valence-corrected chi connectivity index (χ0v) is 10.7. The second kappa shape index (κ2) is 4.63. The number of rotatable bonds is 4. The van der Waals surface area contributed by atoms with Crippen molar-refractivity contribution in [2.75, 3.05) is 5.73 Å². The number of esters is 1. The van der Waals surface area contributed by atoms with Gasteiger partial charge in [-0.25, -0.2) is 14.3 Å². The molecule has 8 heteroatoms. The number of nitrogens with zero attached hydrogens (tertiary/aromatic N) is 3. The second-order valence-corrected chi connectivity index (χ2v) is 4.55. The van der Waals surface area contributed by atoms with Gasteiger partial charge in [0, 0.05) is 0 Å². The number of nitrogens with two attached hydrogens (primary N) is 1. The Labute approximate surface area is 104 Å². The first-order valence-electron chi connectivity index (χ1n) is 5.34. The third kappa shape index (κ3) is 2.41. The Morgan fingerprint density at radius 3 is 2.44 bits per heavy atom. The second-order valence-electron chi connectivity index (χ2n) is 4.55. The Kier molecular flexibility index (Phi) is 3.59. The van der Waals surface area contributed by atoms with E-state index in [0.717, 1.165) is 4.68 Å². The van der Waals surface area contributed by atoms with Crippen molar-refractivity contribution in [3.8, 4) is 0 Å². The number of carbonyl (C=O) groups excluding carboxylic acids is 1. The van der Waals surface area contributed by atoms with Gasteiger partial charge in [0.15, 0.2) is 11.4 Å². The molecule has 0 fully saturated rings. The maximum Gasteiger partial charge on any atom is 0.363 e. The number of aromatic nitrogens is 3. The van der Waals surface area contributed by atoms with Crippen LogP contribution in [0.4, 0.5) is 5.82 Å². The van der Waals surface area contributed by atoms with Gasteiger partial charge in [-0.2, -0.15) is 0 Å². The Hall–Kier alpha value is -2.12. The fourth-order valence-corrected chi connectivity index (χ4v) is 1.21. The van der Waals surface area contributed by atoms with E-state index in [9.17, 15) is 9.59 Å². The van der Waals surface area contributed by atoms with E-state index in [0.29, 0.717) is 0 Å². The summed E-state index contributed by atoms with van der Waals surface area (Å²) in [4.78, 5) is 22.7. The number of aliphatic carboxylic acids is 1. The van der Waals surface area contributed by atoms with Crippen LogP contribution in [0.3, 0.4) is 0 Å². The van der Waals surface area contributed by atoms with E-state index in [-0.39, 0.29) is 17.6 Å². The lowest BCUT2D eigenvalue weighted by molar-refractivity contribution is -0.146. The number of anilines is 1. The zero-order valence-electron chi connectivity index (χ0n) is 10.7. The van der Waals surface area contributed by atoms with E-state index in [1.807, 2.05) is 0 Å². The largest absolute Gasteiger partial charge is 0.479 e. The van der Waals surface area contributed by atoms with Gasteiger partial charge in [0.2, 0.25) is 5.69 Å². The molecule has 0 bridgehead atoms. The first kappa shape index (κ1) is 13.9. The van der Waals surface area contributed by atoms with E-state index in [1.54, 1.807) is 13.8 Å². The molecule has 1 heterocycles. The minimum Gasteiger partial charge on any atom is -0.479 e. The van der Waals surface area contributed by atoms with Crippen LogP contribution in [0.1, 0.15) is 38.2 Å². The average Bonchev–Trinajstić information content (AvgIpc) is 2.59. The number of hydrogen-bond acceptors (Lipinski definition) is 6. The van der Waals surface area contributed by atoms with Crippen LogP contribution < -0.4 is 5.73 Å². The van der Waals surface area contributed by atoms with Crippen molar-refractivity contribution in [2.24, 2.45) is 0 Å². The van der Waals surface area contributed by atoms with Gasteiger partial charge in [-0.15, -0.1) is 5.10 Å². The standard InChI is InChI=1S/C10H16N4O4/c1-5(2)18-8(15)6-7(11)14(13-12-6)10(3,4)9(16)17/h5H,11H2,1-4H3,(H,16,17). The highest BCUT2D eigenvalue weighted by atomic mass is 16.5. The van der Waals surface area contributed by atoms with Crippen LogP contribution >= 0.6 is 0 Å². The van der Waals surface area contributed by atoms with Crippen molar-refractivity contribution in [3.05, 3.63) is 5.69 Å². The highest BCUT2D eigenvalue weighted by Gasteiger charge is 2.35. The number of nitrogen functional groups attached to an aromatic ring is 1. The summed E-state index contributed by atoms with van der Waals surface area (Å²) in [5.74, 6) is -1.99. The molecule has 0 spiro atoms. The predicted molar refractivity (Wildman–Crippen MR) is 61.9 cm³/mol. The molecule has 0 aliphatic heterocycles. The normalized spacial score (nSPS) is 11.6. The number of carboxylic acid groups (broad SMARTS) is 1. The molecular weight excluding hydrogens is 240 g/mol. The molecular formula is C10H16N4O4. The van der Waals surface area contributed by atoms with Crippen molar-refractivity contribution in [2.45, 2.75) is 39.3 Å². The van der Waals surface area contributed by atoms with Crippen molar-refractivity contribution < 1.29 is 19.4 Å². The topological polar surface area (TPSA) is 120 Å². The average molecular weight is 256 g/mol. The molecule has 0 amide bonds. The summed E-state index contributed by atoms with van der Waals surface area (Å²) < 4.78 is 5.90. The maximum absolute atomic E-state index is 11.6. The molecule has 18 heavy (non-hydrogen) atoms. The van der Waals surface area contributed by atoms with Gasteiger partial charge in [-0.05, 0) is 27.7 Å². The van der Waals surface area contributed by atoms with Crippen molar-refractivity contribution in [3.63, 3.8) is 0 Å². The van der Waals surface area contributed by atoms with E-state index < -0.39 is 17.5 Å².